The zero-order chi connectivity index (χ0) is 10.9. The topological polar surface area (TPSA) is 41.5 Å². The van der Waals surface area contributed by atoms with E-state index in [4.69, 9.17) is 16.3 Å². The van der Waals surface area contributed by atoms with Gasteiger partial charge in [-0.1, -0.05) is 17.7 Å². The van der Waals surface area contributed by atoms with Crippen molar-refractivity contribution in [3.05, 3.63) is 28.8 Å². The highest BCUT2D eigenvalue weighted by Crippen LogP contribution is 2.28. The molecule has 1 aromatic carbocycles. The van der Waals surface area contributed by atoms with Gasteiger partial charge in [0.15, 0.2) is 0 Å². The van der Waals surface area contributed by atoms with Crippen LogP contribution in [0.25, 0.3) is 0 Å². The maximum Gasteiger partial charge on any atom is 0.117 e. The Morgan fingerprint density at radius 1 is 1.53 bits per heavy atom. The normalized spacial score (nSPS) is 18.5. The van der Waals surface area contributed by atoms with Crippen LogP contribution < -0.4 is 5.32 Å². The van der Waals surface area contributed by atoms with Gasteiger partial charge >= 0.3 is 0 Å². The summed E-state index contributed by atoms with van der Waals surface area (Å²) in [5, 5.41) is 13.0. The number of benzene rings is 1. The minimum atomic E-state index is -0.124. The molecule has 1 heterocycles. The van der Waals surface area contributed by atoms with Crippen LogP contribution in [0.5, 0.6) is 5.75 Å². The molecule has 3 nitrogen and oxygen atoms in total. The van der Waals surface area contributed by atoms with E-state index in [0.29, 0.717) is 5.02 Å². The molecule has 0 aliphatic carbocycles. The molecule has 0 aromatic heterocycles. The lowest BCUT2D eigenvalue weighted by molar-refractivity contribution is -0.0502. The summed E-state index contributed by atoms with van der Waals surface area (Å²) in [4.78, 5) is 0. The molecule has 2 rings (SSSR count). The second-order valence-corrected chi connectivity index (χ2v) is 4.35. The van der Waals surface area contributed by atoms with Gasteiger partial charge in [-0.05, 0) is 17.7 Å². The molecule has 1 saturated heterocycles. The zero-order valence-corrected chi connectivity index (χ0v) is 9.34. The fourth-order valence-electron chi connectivity index (χ4n) is 1.77. The van der Waals surface area contributed by atoms with Crippen molar-refractivity contribution in [2.24, 2.45) is 0 Å². The Kier molecular flexibility index (Phi) is 2.87. The van der Waals surface area contributed by atoms with Crippen LogP contribution in [-0.2, 0) is 11.2 Å². The smallest absolute Gasteiger partial charge is 0.117 e. The summed E-state index contributed by atoms with van der Waals surface area (Å²) >= 11 is 6.04. The first-order valence-electron chi connectivity index (χ1n) is 4.88. The van der Waals surface area contributed by atoms with Gasteiger partial charge < -0.3 is 15.2 Å². The molecule has 1 fully saturated rings. The summed E-state index contributed by atoms with van der Waals surface area (Å²) in [6, 6.07) is 5.06. The van der Waals surface area contributed by atoms with Gasteiger partial charge in [0, 0.05) is 31.6 Å². The van der Waals surface area contributed by atoms with Gasteiger partial charge in [-0.25, -0.2) is 0 Å². The molecule has 0 amide bonds. The lowest BCUT2D eigenvalue weighted by Gasteiger charge is -2.41. The van der Waals surface area contributed by atoms with Crippen molar-refractivity contribution in [1.82, 2.24) is 5.32 Å². The number of aromatic hydroxyl groups is 1. The molecule has 15 heavy (non-hydrogen) atoms. The molecule has 0 radical (unpaired) electrons. The van der Waals surface area contributed by atoms with E-state index in [1.165, 1.54) is 0 Å². The first-order valence-corrected chi connectivity index (χ1v) is 5.26. The number of hydrogen-bond acceptors (Lipinski definition) is 3. The second kappa shape index (κ2) is 4.00. The predicted molar refractivity (Wildman–Crippen MR) is 59.4 cm³/mol. The number of methoxy groups -OCH3 is 1. The van der Waals surface area contributed by atoms with E-state index in [9.17, 15) is 5.11 Å². The summed E-state index contributed by atoms with van der Waals surface area (Å²) < 4.78 is 5.48. The number of rotatable bonds is 3. The van der Waals surface area contributed by atoms with E-state index in [2.05, 4.69) is 5.32 Å². The van der Waals surface area contributed by atoms with Crippen molar-refractivity contribution in [3.63, 3.8) is 0 Å². The first kappa shape index (κ1) is 10.7. The Labute approximate surface area is 94.0 Å². The van der Waals surface area contributed by atoms with Gasteiger partial charge in [0.25, 0.3) is 0 Å². The van der Waals surface area contributed by atoms with Gasteiger partial charge in [-0.2, -0.15) is 0 Å². The molecule has 0 unspecified atom stereocenters. The molecule has 2 N–H and O–H groups in total. The number of phenols is 1. The van der Waals surface area contributed by atoms with Crippen LogP contribution in [0.15, 0.2) is 18.2 Å². The van der Waals surface area contributed by atoms with Crippen LogP contribution in [0.4, 0.5) is 0 Å². The SMILES string of the molecule is COC1(Cc2ccc(O)cc2Cl)CNC1. The van der Waals surface area contributed by atoms with Crippen LogP contribution in [0.1, 0.15) is 5.56 Å². The predicted octanol–water partition coefficient (Wildman–Crippen LogP) is 1.58. The maximum absolute atomic E-state index is 9.24. The highest BCUT2D eigenvalue weighted by Gasteiger charge is 2.37. The third-order valence-corrected chi connectivity index (χ3v) is 3.23. The second-order valence-electron chi connectivity index (χ2n) is 3.94. The molecule has 0 bridgehead atoms. The van der Waals surface area contributed by atoms with Gasteiger partial charge in [0.1, 0.15) is 5.75 Å². The van der Waals surface area contributed by atoms with Gasteiger partial charge in [-0.15, -0.1) is 0 Å². The fourth-order valence-corrected chi connectivity index (χ4v) is 2.01. The summed E-state index contributed by atoms with van der Waals surface area (Å²) in [5.41, 5.74) is 0.887. The number of ether oxygens (including phenoxy) is 1. The maximum atomic E-state index is 9.24. The van der Waals surface area contributed by atoms with Gasteiger partial charge in [0.2, 0.25) is 0 Å². The minimum absolute atomic E-state index is 0.124. The Bertz CT molecular complexity index is 358. The molecule has 0 spiro atoms. The van der Waals surface area contributed by atoms with Crippen LogP contribution in [0.3, 0.4) is 0 Å². The van der Waals surface area contributed by atoms with Crippen LogP contribution in [0, 0.1) is 0 Å². The average molecular weight is 228 g/mol. The molecule has 4 heteroatoms. The lowest BCUT2D eigenvalue weighted by Crippen LogP contribution is -2.61. The highest BCUT2D eigenvalue weighted by molar-refractivity contribution is 6.31. The summed E-state index contributed by atoms with van der Waals surface area (Å²) in [7, 11) is 1.72. The Balaban J connectivity index is 2.16. The average Bonchev–Trinajstić information content (AvgIpc) is 2.14. The van der Waals surface area contributed by atoms with Crippen molar-refractivity contribution in [2.45, 2.75) is 12.0 Å². The van der Waals surface area contributed by atoms with Crippen LogP contribution in [0.2, 0.25) is 5.02 Å². The van der Waals surface area contributed by atoms with E-state index in [1.807, 2.05) is 6.07 Å². The van der Waals surface area contributed by atoms with Gasteiger partial charge in [0.05, 0.1) is 5.60 Å². The number of halogens is 1. The van der Waals surface area contributed by atoms with E-state index >= 15 is 0 Å². The number of hydrogen-bond donors (Lipinski definition) is 2. The lowest BCUT2D eigenvalue weighted by atomic mass is 9.89. The largest absolute Gasteiger partial charge is 0.508 e. The monoisotopic (exact) mass is 227 g/mol. The standard InChI is InChI=1S/C11H14ClNO2/c1-15-11(6-13-7-11)5-8-2-3-9(14)4-10(8)12/h2-4,13-14H,5-7H2,1H3. The zero-order valence-electron chi connectivity index (χ0n) is 8.59. The molecule has 1 aliphatic heterocycles. The van der Waals surface area contributed by atoms with Crippen LogP contribution >= 0.6 is 11.6 Å². The third-order valence-electron chi connectivity index (χ3n) is 2.88. The molecular weight excluding hydrogens is 214 g/mol. The summed E-state index contributed by atoms with van der Waals surface area (Å²) in [5.74, 6) is 0.196. The molecular formula is C11H14ClNO2. The molecule has 82 valence electrons. The highest BCUT2D eigenvalue weighted by atomic mass is 35.5. The Morgan fingerprint density at radius 3 is 2.73 bits per heavy atom. The van der Waals surface area contributed by atoms with Gasteiger partial charge in [-0.3, -0.25) is 0 Å². The van der Waals surface area contributed by atoms with Crippen molar-refractivity contribution in [3.8, 4) is 5.75 Å². The molecule has 0 atom stereocenters. The first-order chi connectivity index (χ1) is 7.15. The van der Waals surface area contributed by atoms with E-state index in [-0.39, 0.29) is 11.4 Å². The molecule has 1 aromatic rings. The fraction of sp³-hybridized carbons (Fsp3) is 0.455. The van der Waals surface area contributed by atoms with Crippen molar-refractivity contribution in [2.75, 3.05) is 20.2 Å². The number of phenolic OH excluding ortho intramolecular Hbond substituents is 1. The van der Waals surface area contributed by atoms with Crippen molar-refractivity contribution < 1.29 is 9.84 Å². The van der Waals surface area contributed by atoms with E-state index < -0.39 is 0 Å². The van der Waals surface area contributed by atoms with Crippen molar-refractivity contribution >= 4 is 11.6 Å². The Morgan fingerprint density at radius 2 is 2.27 bits per heavy atom. The Hall–Kier alpha value is -0.770. The van der Waals surface area contributed by atoms with E-state index in [0.717, 1.165) is 25.1 Å². The van der Waals surface area contributed by atoms with Crippen LogP contribution in [-0.4, -0.2) is 30.9 Å². The minimum Gasteiger partial charge on any atom is -0.508 e. The van der Waals surface area contributed by atoms with Crippen molar-refractivity contribution in [1.29, 1.82) is 0 Å². The molecule has 1 aliphatic rings. The molecule has 0 saturated carbocycles. The quantitative estimate of drug-likeness (QED) is 0.824. The summed E-state index contributed by atoms with van der Waals surface area (Å²) in [6.45, 7) is 1.70. The van der Waals surface area contributed by atoms with E-state index in [1.54, 1.807) is 19.2 Å². The number of nitrogens with one attached hydrogen (secondary N) is 1. The third kappa shape index (κ3) is 2.09. The summed E-state index contributed by atoms with van der Waals surface area (Å²) in [6.07, 6.45) is 0.773.